The van der Waals surface area contributed by atoms with Crippen molar-refractivity contribution in [3.8, 4) is 17.0 Å². The van der Waals surface area contributed by atoms with Crippen molar-refractivity contribution >= 4 is 21.7 Å². The molecule has 1 aromatic carbocycles. The molecule has 21 heavy (non-hydrogen) atoms. The first kappa shape index (κ1) is 14.1. The molecule has 0 aliphatic carbocycles. The van der Waals surface area contributed by atoms with Gasteiger partial charge >= 0.3 is 0 Å². The van der Waals surface area contributed by atoms with Gasteiger partial charge in [0.05, 0.1) is 17.3 Å². The van der Waals surface area contributed by atoms with Crippen molar-refractivity contribution in [1.82, 2.24) is 14.4 Å². The maximum atomic E-state index is 5.43. The van der Waals surface area contributed by atoms with E-state index in [-0.39, 0.29) is 0 Å². The van der Waals surface area contributed by atoms with Crippen LogP contribution in [-0.2, 0) is 0 Å². The number of rotatable bonds is 3. The highest BCUT2D eigenvalue weighted by Gasteiger charge is 2.11. The van der Waals surface area contributed by atoms with E-state index < -0.39 is 0 Å². The Balaban J connectivity index is 2.11. The molecule has 2 aromatic heterocycles. The van der Waals surface area contributed by atoms with Gasteiger partial charge in [0.1, 0.15) is 5.75 Å². The number of hydrogen-bond donors (Lipinski definition) is 0. The standard InChI is InChI=1S/C16H16BrN3O/c1-10(2)13-6-11(4-5-15(13)21-3)14-9-20-8-12(17)7-18-16(20)19-14/h4-10H,1-3H3. The summed E-state index contributed by atoms with van der Waals surface area (Å²) in [5, 5.41) is 0. The number of aromatic nitrogens is 3. The molecule has 0 spiro atoms. The molecule has 0 N–H and O–H groups in total. The molecule has 0 atom stereocenters. The zero-order chi connectivity index (χ0) is 15.0. The number of imidazole rings is 1. The first-order valence-corrected chi connectivity index (χ1v) is 7.56. The molecular weight excluding hydrogens is 330 g/mol. The summed E-state index contributed by atoms with van der Waals surface area (Å²) in [6.45, 7) is 4.31. The van der Waals surface area contributed by atoms with E-state index >= 15 is 0 Å². The highest BCUT2D eigenvalue weighted by atomic mass is 79.9. The van der Waals surface area contributed by atoms with Gasteiger partial charge in [0.25, 0.3) is 0 Å². The number of nitrogens with zero attached hydrogens (tertiary/aromatic N) is 3. The molecule has 3 aromatic rings. The third kappa shape index (κ3) is 2.65. The smallest absolute Gasteiger partial charge is 0.234 e. The van der Waals surface area contributed by atoms with Crippen LogP contribution in [0.2, 0.25) is 0 Å². The van der Waals surface area contributed by atoms with Crippen LogP contribution in [0.15, 0.2) is 41.3 Å². The maximum absolute atomic E-state index is 5.43. The lowest BCUT2D eigenvalue weighted by atomic mass is 9.98. The Hall–Kier alpha value is -1.88. The zero-order valence-electron chi connectivity index (χ0n) is 12.2. The van der Waals surface area contributed by atoms with Gasteiger partial charge in [0, 0.05) is 24.2 Å². The molecule has 0 aliphatic rings. The summed E-state index contributed by atoms with van der Waals surface area (Å²) in [6, 6.07) is 6.17. The van der Waals surface area contributed by atoms with Crippen molar-refractivity contribution in [2.45, 2.75) is 19.8 Å². The molecule has 108 valence electrons. The quantitative estimate of drug-likeness (QED) is 0.710. The van der Waals surface area contributed by atoms with Gasteiger partial charge < -0.3 is 4.74 Å². The molecule has 0 radical (unpaired) electrons. The monoisotopic (exact) mass is 345 g/mol. The second-order valence-corrected chi connectivity index (χ2v) is 6.13. The van der Waals surface area contributed by atoms with Crippen molar-refractivity contribution in [3.05, 3.63) is 46.8 Å². The fourth-order valence-electron chi connectivity index (χ4n) is 2.34. The topological polar surface area (TPSA) is 39.4 Å². The molecule has 3 rings (SSSR count). The molecular formula is C16H16BrN3O. The Bertz CT molecular complexity index is 795. The lowest BCUT2D eigenvalue weighted by Gasteiger charge is -2.12. The van der Waals surface area contributed by atoms with Gasteiger partial charge in [0.15, 0.2) is 0 Å². The lowest BCUT2D eigenvalue weighted by Crippen LogP contribution is -1.94. The molecule has 0 saturated heterocycles. The van der Waals surface area contributed by atoms with E-state index in [4.69, 9.17) is 4.74 Å². The van der Waals surface area contributed by atoms with Gasteiger partial charge in [0.2, 0.25) is 5.78 Å². The number of ether oxygens (including phenoxy) is 1. The van der Waals surface area contributed by atoms with Crippen LogP contribution in [-0.4, -0.2) is 21.5 Å². The van der Waals surface area contributed by atoms with E-state index in [1.807, 2.05) is 28.9 Å². The van der Waals surface area contributed by atoms with E-state index in [9.17, 15) is 0 Å². The molecule has 0 saturated carbocycles. The second kappa shape index (κ2) is 5.48. The van der Waals surface area contributed by atoms with Gasteiger partial charge in [-0.2, -0.15) is 0 Å². The van der Waals surface area contributed by atoms with Gasteiger partial charge in [-0.05, 0) is 45.6 Å². The predicted molar refractivity (Wildman–Crippen MR) is 86.8 cm³/mol. The minimum Gasteiger partial charge on any atom is -0.496 e. The molecule has 2 heterocycles. The van der Waals surface area contributed by atoms with E-state index in [0.29, 0.717) is 11.7 Å². The fourth-order valence-corrected chi connectivity index (χ4v) is 2.67. The Kier molecular flexibility index (Phi) is 3.68. The summed E-state index contributed by atoms with van der Waals surface area (Å²) in [6.07, 6.45) is 5.68. The van der Waals surface area contributed by atoms with Crippen LogP contribution in [0.4, 0.5) is 0 Å². The Morgan fingerprint density at radius 3 is 2.76 bits per heavy atom. The fraction of sp³-hybridized carbons (Fsp3) is 0.250. The van der Waals surface area contributed by atoms with E-state index in [1.54, 1.807) is 13.3 Å². The lowest BCUT2D eigenvalue weighted by molar-refractivity contribution is 0.407. The molecule has 4 nitrogen and oxygen atoms in total. The number of fused-ring (bicyclic) bond motifs is 1. The minimum absolute atomic E-state index is 0.393. The van der Waals surface area contributed by atoms with Crippen molar-refractivity contribution in [3.63, 3.8) is 0 Å². The Morgan fingerprint density at radius 2 is 2.05 bits per heavy atom. The highest BCUT2D eigenvalue weighted by molar-refractivity contribution is 9.10. The average molecular weight is 346 g/mol. The van der Waals surface area contributed by atoms with Crippen molar-refractivity contribution in [1.29, 1.82) is 0 Å². The SMILES string of the molecule is COc1ccc(-c2cn3cc(Br)cnc3n2)cc1C(C)C. The van der Waals surface area contributed by atoms with E-state index in [2.05, 4.69) is 45.8 Å². The third-order valence-corrected chi connectivity index (χ3v) is 3.84. The van der Waals surface area contributed by atoms with Crippen LogP contribution in [0.5, 0.6) is 5.75 Å². The minimum atomic E-state index is 0.393. The molecule has 0 aliphatic heterocycles. The largest absolute Gasteiger partial charge is 0.496 e. The second-order valence-electron chi connectivity index (χ2n) is 5.22. The van der Waals surface area contributed by atoms with Gasteiger partial charge in [-0.1, -0.05) is 13.8 Å². The van der Waals surface area contributed by atoms with Crippen molar-refractivity contribution < 1.29 is 4.74 Å². The molecule has 0 unspecified atom stereocenters. The number of hydrogen-bond acceptors (Lipinski definition) is 3. The van der Waals surface area contributed by atoms with Gasteiger partial charge in [-0.3, -0.25) is 4.40 Å². The zero-order valence-corrected chi connectivity index (χ0v) is 13.8. The normalized spacial score (nSPS) is 11.3. The van der Waals surface area contributed by atoms with Crippen LogP contribution < -0.4 is 4.74 Å². The number of halogens is 1. The van der Waals surface area contributed by atoms with Crippen LogP contribution >= 0.6 is 15.9 Å². The van der Waals surface area contributed by atoms with Gasteiger partial charge in [-0.15, -0.1) is 0 Å². The first-order chi connectivity index (χ1) is 10.1. The number of benzene rings is 1. The van der Waals surface area contributed by atoms with Crippen molar-refractivity contribution in [2.24, 2.45) is 0 Å². The summed E-state index contributed by atoms with van der Waals surface area (Å²) in [5.41, 5.74) is 3.16. The molecule has 0 fully saturated rings. The van der Waals surface area contributed by atoms with Gasteiger partial charge in [-0.25, -0.2) is 9.97 Å². The van der Waals surface area contributed by atoms with Crippen LogP contribution in [0, 0.1) is 0 Å². The molecule has 0 bridgehead atoms. The summed E-state index contributed by atoms with van der Waals surface area (Å²) < 4.78 is 8.27. The molecule has 0 amide bonds. The highest BCUT2D eigenvalue weighted by Crippen LogP contribution is 2.31. The summed E-state index contributed by atoms with van der Waals surface area (Å²) in [5.74, 6) is 2.00. The molecule has 5 heteroatoms. The van der Waals surface area contributed by atoms with Crippen LogP contribution in [0.3, 0.4) is 0 Å². The first-order valence-electron chi connectivity index (χ1n) is 6.77. The Morgan fingerprint density at radius 1 is 1.24 bits per heavy atom. The maximum Gasteiger partial charge on any atom is 0.234 e. The van der Waals surface area contributed by atoms with E-state index in [0.717, 1.165) is 21.5 Å². The Labute approximate surface area is 131 Å². The average Bonchev–Trinajstić information content (AvgIpc) is 2.89. The summed E-state index contributed by atoms with van der Waals surface area (Å²) >= 11 is 3.42. The third-order valence-electron chi connectivity index (χ3n) is 3.43. The summed E-state index contributed by atoms with van der Waals surface area (Å²) in [7, 11) is 1.70. The van der Waals surface area contributed by atoms with E-state index in [1.165, 1.54) is 5.56 Å². The van der Waals surface area contributed by atoms with Crippen LogP contribution in [0.1, 0.15) is 25.3 Å². The van der Waals surface area contributed by atoms with Crippen LogP contribution in [0.25, 0.3) is 17.0 Å². The predicted octanol–water partition coefficient (Wildman–Crippen LogP) is 4.29. The summed E-state index contributed by atoms with van der Waals surface area (Å²) in [4.78, 5) is 8.87. The van der Waals surface area contributed by atoms with Crippen molar-refractivity contribution in [2.75, 3.05) is 7.11 Å². The number of methoxy groups -OCH3 is 1.